The van der Waals surface area contributed by atoms with Gasteiger partial charge >= 0.3 is 17.9 Å². The minimum atomic E-state index is -1.14. The number of carboxylic acid groups (broad SMARTS) is 3. The van der Waals surface area contributed by atoms with E-state index < -0.39 is 17.9 Å². The zero-order chi connectivity index (χ0) is 39.7. The number of hydrogen-bond acceptors (Lipinski definition) is 6. The molecule has 0 aliphatic heterocycles. The molecule has 0 saturated carbocycles. The highest BCUT2D eigenvalue weighted by Gasteiger charge is 2.19. The molecule has 282 valence electrons. The lowest BCUT2D eigenvalue weighted by Gasteiger charge is -2.16. The molecule has 0 spiro atoms. The van der Waals surface area contributed by atoms with Crippen LogP contribution in [0.15, 0.2) is 164 Å². The van der Waals surface area contributed by atoms with Crippen LogP contribution in [-0.4, -0.2) is 33.2 Å². The Kier molecular flexibility index (Phi) is 11.4. The predicted molar refractivity (Wildman–Crippen MR) is 216 cm³/mol. The molecule has 7 aromatic rings. The summed E-state index contributed by atoms with van der Waals surface area (Å²) < 4.78 is 18.2. The zero-order valence-corrected chi connectivity index (χ0v) is 30.5. The van der Waals surface area contributed by atoms with Crippen molar-refractivity contribution in [3.8, 4) is 50.6 Å². The van der Waals surface area contributed by atoms with Crippen LogP contribution >= 0.6 is 0 Å². The van der Waals surface area contributed by atoms with Gasteiger partial charge in [-0.15, -0.1) is 0 Å². The van der Waals surface area contributed by atoms with E-state index in [1.807, 2.05) is 109 Å². The summed E-state index contributed by atoms with van der Waals surface area (Å²) in [6.45, 7) is 0.456. The van der Waals surface area contributed by atoms with Crippen LogP contribution in [0.3, 0.4) is 0 Å². The molecule has 0 saturated heterocycles. The molecule has 7 rings (SSSR count). The maximum atomic E-state index is 12.3. The van der Waals surface area contributed by atoms with Crippen LogP contribution < -0.4 is 14.2 Å². The van der Waals surface area contributed by atoms with Gasteiger partial charge in [0, 0.05) is 0 Å². The van der Waals surface area contributed by atoms with Gasteiger partial charge in [-0.25, -0.2) is 14.4 Å². The molecule has 9 nitrogen and oxygen atoms in total. The molecule has 0 radical (unpaired) electrons. The Labute approximate surface area is 328 Å². The Morgan fingerprint density at radius 2 is 0.596 bits per heavy atom. The van der Waals surface area contributed by atoms with Crippen LogP contribution in [0.4, 0.5) is 0 Å². The molecule has 9 heteroatoms. The molecule has 0 aliphatic carbocycles. The first-order chi connectivity index (χ1) is 27.7. The van der Waals surface area contributed by atoms with Gasteiger partial charge in [-0.1, -0.05) is 109 Å². The fourth-order valence-corrected chi connectivity index (χ4v) is 6.33. The highest BCUT2D eigenvalue weighted by atomic mass is 16.5. The van der Waals surface area contributed by atoms with Crippen LogP contribution in [0.25, 0.3) is 33.4 Å². The van der Waals surface area contributed by atoms with Crippen molar-refractivity contribution < 1.29 is 43.9 Å². The maximum Gasteiger partial charge on any atom is 0.339 e. The number of carbonyl (C=O) groups is 3. The summed E-state index contributed by atoms with van der Waals surface area (Å²) in [4.78, 5) is 36.8. The number of rotatable bonds is 15. The van der Waals surface area contributed by atoms with Crippen molar-refractivity contribution in [3.63, 3.8) is 0 Å². The molecule has 7 aromatic carbocycles. The van der Waals surface area contributed by atoms with Gasteiger partial charge in [0.25, 0.3) is 0 Å². The third-order valence-corrected chi connectivity index (χ3v) is 9.28. The van der Waals surface area contributed by atoms with Crippen LogP contribution in [-0.2, 0) is 19.8 Å². The van der Waals surface area contributed by atoms with Crippen molar-refractivity contribution in [3.05, 3.63) is 197 Å². The lowest BCUT2D eigenvalue weighted by molar-refractivity contribution is 0.0680. The normalized spacial score (nSPS) is 10.7. The maximum absolute atomic E-state index is 12.3. The van der Waals surface area contributed by atoms with E-state index in [0.717, 1.165) is 16.7 Å². The molecule has 0 unspecified atom stereocenters. The molecule has 0 atom stereocenters. The van der Waals surface area contributed by atoms with Gasteiger partial charge in [0.15, 0.2) is 0 Å². The summed E-state index contributed by atoms with van der Waals surface area (Å²) in [5.41, 5.74) is 6.62. The van der Waals surface area contributed by atoms with E-state index in [0.29, 0.717) is 33.4 Å². The van der Waals surface area contributed by atoms with E-state index in [1.54, 1.807) is 36.4 Å². The smallest absolute Gasteiger partial charge is 0.339 e. The van der Waals surface area contributed by atoms with Crippen molar-refractivity contribution >= 4 is 17.9 Å². The van der Waals surface area contributed by atoms with Gasteiger partial charge in [0.05, 0.1) is 0 Å². The average molecular weight is 757 g/mol. The van der Waals surface area contributed by atoms with Gasteiger partial charge < -0.3 is 29.5 Å². The molecule has 0 aromatic heterocycles. The first kappa shape index (κ1) is 37.7. The summed E-state index contributed by atoms with van der Waals surface area (Å²) >= 11 is 0. The number of hydrogen-bond donors (Lipinski definition) is 3. The van der Waals surface area contributed by atoms with E-state index in [-0.39, 0.29) is 53.8 Å². The summed E-state index contributed by atoms with van der Waals surface area (Å²) in [7, 11) is 0. The Bertz CT molecular complexity index is 2250. The molecule has 0 heterocycles. The molecule has 0 amide bonds. The molecule has 0 bridgehead atoms. The Morgan fingerprint density at radius 3 is 0.842 bits per heavy atom. The van der Waals surface area contributed by atoms with Crippen molar-refractivity contribution in [2.45, 2.75) is 19.8 Å². The predicted octanol–water partition coefficient (Wildman–Crippen LogP) is 10.5. The van der Waals surface area contributed by atoms with Crippen LogP contribution in [0, 0.1) is 0 Å². The standard InChI is InChI=1S/C48H36O9/c49-46(50)40-19-16-34(25-43(40)55-28-31-10-4-1-5-11-31)37-22-38(35-17-20-41(47(51)52)44(26-35)56-29-32-12-6-2-7-13-32)24-39(23-37)36-18-21-42(48(53)54)45(27-36)57-30-33-14-8-3-9-15-33/h1-27H,28-30H2,(H,49,50)(H,51,52)(H,53,54). The minimum absolute atomic E-state index is 0.00000802. The summed E-state index contributed by atoms with van der Waals surface area (Å²) in [5.74, 6) is -2.87. The van der Waals surface area contributed by atoms with Gasteiger partial charge in [-0.3, -0.25) is 0 Å². The van der Waals surface area contributed by atoms with Crippen molar-refractivity contribution in [2.24, 2.45) is 0 Å². The molecular formula is C48H36O9. The summed E-state index contributed by atoms with van der Waals surface area (Å²) in [5, 5.41) is 30.1. The van der Waals surface area contributed by atoms with Gasteiger partial charge in [-0.2, -0.15) is 0 Å². The number of aromatic carboxylic acids is 3. The van der Waals surface area contributed by atoms with Crippen LogP contribution in [0.1, 0.15) is 47.8 Å². The summed E-state index contributed by atoms with van der Waals surface area (Å²) in [6.07, 6.45) is 0. The Hall–Kier alpha value is -7.65. The van der Waals surface area contributed by atoms with E-state index in [9.17, 15) is 29.7 Å². The average Bonchev–Trinajstić information content (AvgIpc) is 3.24. The lowest BCUT2D eigenvalue weighted by Crippen LogP contribution is -2.04. The second-order valence-corrected chi connectivity index (χ2v) is 13.2. The van der Waals surface area contributed by atoms with Crippen molar-refractivity contribution in [1.29, 1.82) is 0 Å². The van der Waals surface area contributed by atoms with Crippen molar-refractivity contribution in [2.75, 3.05) is 0 Å². The quantitative estimate of drug-likeness (QED) is 0.0932. The first-order valence-corrected chi connectivity index (χ1v) is 18.0. The Morgan fingerprint density at radius 1 is 0.333 bits per heavy atom. The number of ether oxygens (including phenoxy) is 3. The summed E-state index contributed by atoms with van der Waals surface area (Å²) in [6, 6.07) is 48.6. The zero-order valence-electron chi connectivity index (χ0n) is 30.5. The highest BCUT2D eigenvalue weighted by molar-refractivity contribution is 5.95. The molecule has 0 fully saturated rings. The van der Waals surface area contributed by atoms with E-state index in [1.165, 1.54) is 18.2 Å². The molecular weight excluding hydrogens is 721 g/mol. The molecule has 57 heavy (non-hydrogen) atoms. The third kappa shape index (κ3) is 9.18. The number of benzene rings is 7. The number of carboxylic acids is 3. The van der Waals surface area contributed by atoms with E-state index in [4.69, 9.17) is 14.2 Å². The van der Waals surface area contributed by atoms with Crippen LogP contribution in [0.2, 0.25) is 0 Å². The van der Waals surface area contributed by atoms with Crippen molar-refractivity contribution in [1.82, 2.24) is 0 Å². The highest BCUT2D eigenvalue weighted by Crippen LogP contribution is 2.38. The minimum Gasteiger partial charge on any atom is -0.488 e. The molecule has 0 aliphatic rings. The fourth-order valence-electron chi connectivity index (χ4n) is 6.33. The SMILES string of the molecule is O=C(O)c1ccc(-c2cc(-c3ccc(C(=O)O)c(OCc4ccccc4)c3)cc(-c3ccc(C(=O)O)c(OCc4ccccc4)c3)c2)cc1OCc1ccccc1. The third-order valence-electron chi connectivity index (χ3n) is 9.28. The van der Waals surface area contributed by atoms with E-state index in [2.05, 4.69) is 0 Å². The largest absolute Gasteiger partial charge is 0.488 e. The second-order valence-electron chi connectivity index (χ2n) is 13.2. The topological polar surface area (TPSA) is 140 Å². The van der Waals surface area contributed by atoms with E-state index >= 15 is 0 Å². The monoisotopic (exact) mass is 756 g/mol. The molecule has 3 N–H and O–H groups in total. The fraction of sp³-hybridized carbons (Fsp3) is 0.0625. The van der Waals surface area contributed by atoms with Gasteiger partial charge in [0.2, 0.25) is 0 Å². The van der Waals surface area contributed by atoms with Gasteiger partial charge in [0.1, 0.15) is 53.8 Å². The first-order valence-electron chi connectivity index (χ1n) is 18.0. The van der Waals surface area contributed by atoms with Gasteiger partial charge in [-0.05, 0) is 105 Å². The Balaban J connectivity index is 1.34. The van der Waals surface area contributed by atoms with Crippen LogP contribution in [0.5, 0.6) is 17.2 Å². The second kappa shape index (κ2) is 17.2. The lowest BCUT2D eigenvalue weighted by atomic mass is 9.92.